The van der Waals surface area contributed by atoms with E-state index in [4.69, 9.17) is 11.6 Å². The van der Waals surface area contributed by atoms with Gasteiger partial charge in [-0.25, -0.2) is 9.97 Å². The second-order valence-electron chi connectivity index (χ2n) is 6.68. The molecule has 0 bridgehead atoms. The van der Waals surface area contributed by atoms with Gasteiger partial charge in [-0.3, -0.25) is 19.5 Å². The Morgan fingerprint density at radius 1 is 1.29 bits per heavy atom. The quantitative estimate of drug-likeness (QED) is 0.660. The van der Waals surface area contributed by atoms with Gasteiger partial charge in [-0.2, -0.15) is 0 Å². The van der Waals surface area contributed by atoms with Crippen molar-refractivity contribution in [3.05, 3.63) is 17.3 Å². The molecular weight excluding hydrogens is 332 g/mol. The van der Waals surface area contributed by atoms with Gasteiger partial charge in [-0.15, -0.1) is 0 Å². The van der Waals surface area contributed by atoms with Crippen molar-refractivity contribution in [2.24, 2.45) is 5.41 Å². The van der Waals surface area contributed by atoms with Gasteiger partial charge < -0.3 is 4.74 Å². The Balaban J connectivity index is 2.33. The molecule has 1 amide bonds. The molecule has 0 unspecified atom stereocenters. The first-order valence-corrected chi connectivity index (χ1v) is 7.97. The Kier molecular flexibility index (Phi) is 5.43. The summed E-state index contributed by atoms with van der Waals surface area (Å²) in [6.07, 6.45) is 0.486. The number of rotatable bonds is 5. The number of carbonyl (C=O) groups is 2. The average molecular weight is 353 g/mol. The number of ether oxygens (including phenoxy) is 1. The van der Waals surface area contributed by atoms with E-state index >= 15 is 0 Å². The van der Waals surface area contributed by atoms with E-state index in [1.165, 1.54) is 7.11 Å². The molecule has 8 heteroatoms. The summed E-state index contributed by atoms with van der Waals surface area (Å²) in [7, 11) is 1.33. The molecule has 0 spiro atoms. The summed E-state index contributed by atoms with van der Waals surface area (Å²) in [5, 5.41) is 3.11. The smallest absolute Gasteiger partial charge is 0.307 e. The van der Waals surface area contributed by atoms with Gasteiger partial charge in [0.05, 0.1) is 13.5 Å². The first-order valence-electron chi connectivity index (χ1n) is 7.59. The predicted molar refractivity (Wildman–Crippen MR) is 91.9 cm³/mol. The van der Waals surface area contributed by atoms with Gasteiger partial charge in [-0.05, 0) is 17.5 Å². The van der Waals surface area contributed by atoms with E-state index in [0.29, 0.717) is 28.7 Å². The number of amides is 1. The highest BCUT2D eigenvalue weighted by atomic mass is 35.5. The van der Waals surface area contributed by atoms with Gasteiger partial charge in [-0.1, -0.05) is 32.4 Å². The third-order valence-electron chi connectivity index (χ3n) is 3.27. The van der Waals surface area contributed by atoms with E-state index in [-0.39, 0.29) is 30.3 Å². The molecule has 0 saturated carbocycles. The SMILES string of the molecule is COC(=O)CCn1c(NC(=O)CC(C)(C)C)nc2ccc(Cl)nc21. The van der Waals surface area contributed by atoms with Crippen LogP contribution < -0.4 is 5.32 Å². The number of hydrogen-bond donors (Lipinski definition) is 1. The van der Waals surface area contributed by atoms with Crippen LogP contribution in [0.25, 0.3) is 11.2 Å². The molecule has 2 aromatic heterocycles. The third kappa shape index (κ3) is 4.67. The first-order chi connectivity index (χ1) is 11.2. The molecule has 2 rings (SSSR count). The number of methoxy groups -OCH3 is 1. The highest BCUT2D eigenvalue weighted by Gasteiger charge is 2.20. The molecule has 0 aromatic carbocycles. The van der Waals surface area contributed by atoms with Crippen molar-refractivity contribution in [2.75, 3.05) is 12.4 Å². The van der Waals surface area contributed by atoms with Crippen molar-refractivity contribution < 1.29 is 14.3 Å². The number of nitrogens with zero attached hydrogens (tertiary/aromatic N) is 3. The van der Waals surface area contributed by atoms with Crippen LogP contribution in [0.1, 0.15) is 33.6 Å². The second-order valence-corrected chi connectivity index (χ2v) is 7.06. The Hall–Kier alpha value is -2.15. The molecule has 2 aromatic rings. The van der Waals surface area contributed by atoms with Crippen molar-refractivity contribution in [1.82, 2.24) is 14.5 Å². The standard InChI is InChI=1S/C16H21ClN4O3/c1-16(2,3)9-12(22)20-15-18-10-5-6-11(17)19-14(10)21(15)8-7-13(23)24-4/h5-6H,7-9H2,1-4H3,(H,18,20,22). The summed E-state index contributed by atoms with van der Waals surface area (Å²) >= 11 is 5.95. The van der Waals surface area contributed by atoms with Gasteiger partial charge in [0, 0.05) is 13.0 Å². The predicted octanol–water partition coefficient (Wildman–Crippen LogP) is 3.02. The number of carbonyl (C=O) groups excluding carboxylic acids is 2. The van der Waals surface area contributed by atoms with Crippen molar-refractivity contribution >= 4 is 40.6 Å². The van der Waals surface area contributed by atoms with Crippen LogP contribution in [-0.4, -0.2) is 33.5 Å². The summed E-state index contributed by atoms with van der Waals surface area (Å²) in [6, 6.07) is 3.35. The van der Waals surface area contributed by atoms with E-state index in [9.17, 15) is 9.59 Å². The summed E-state index contributed by atoms with van der Waals surface area (Å²) in [4.78, 5) is 32.3. The van der Waals surface area contributed by atoms with Gasteiger partial charge in [0.2, 0.25) is 11.9 Å². The lowest BCUT2D eigenvalue weighted by molar-refractivity contribution is -0.140. The number of aryl methyl sites for hydroxylation is 1. The van der Waals surface area contributed by atoms with Crippen LogP contribution in [0.3, 0.4) is 0 Å². The molecule has 0 saturated heterocycles. The Labute approximate surface area is 145 Å². The zero-order valence-electron chi connectivity index (χ0n) is 14.2. The minimum absolute atomic E-state index is 0.137. The number of hydrogen-bond acceptors (Lipinski definition) is 5. The van der Waals surface area contributed by atoms with E-state index in [0.717, 1.165) is 0 Å². The van der Waals surface area contributed by atoms with E-state index in [1.54, 1.807) is 16.7 Å². The van der Waals surface area contributed by atoms with Crippen molar-refractivity contribution in [3.63, 3.8) is 0 Å². The highest BCUT2D eigenvalue weighted by molar-refractivity contribution is 6.29. The fourth-order valence-electron chi connectivity index (χ4n) is 2.24. The van der Waals surface area contributed by atoms with Crippen LogP contribution in [0.5, 0.6) is 0 Å². The maximum atomic E-state index is 12.2. The number of imidazole rings is 1. The van der Waals surface area contributed by atoms with Gasteiger partial charge >= 0.3 is 5.97 Å². The fourth-order valence-corrected chi connectivity index (χ4v) is 2.38. The molecule has 2 heterocycles. The van der Waals surface area contributed by atoms with Crippen molar-refractivity contribution in [1.29, 1.82) is 0 Å². The Bertz CT molecular complexity index is 765. The highest BCUT2D eigenvalue weighted by Crippen LogP contribution is 2.23. The largest absolute Gasteiger partial charge is 0.469 e. The molecule has 0 aliphatic heterocycles. The second kappa shape index (κ2) is 7.17. The third-order valence-corrected chi connectivity index (χ3v) is 3.48. The van der Waals surface area contributed by atoms with Crippen molar-refractivity contribution in [2.45, 2.75) is 40.2 Å². The first kappa shape index (κ1) is 18.2. The van der Waals surface area contributed by atoms with Gasteiger partial charge in [0.25, 0.3) is 0 Å². The number of halogens is 1. The van der Waals surface area contributed by atoms with Crippen LogP contribution in [0, 0.1) is 5.41 Å². The van der Waals surface area contributed by atoms with Crippen LogP contribution >= 0.6 is 11.6 Å². The molecule has 0 atom stereocenters. The van der Waals surface area contributed by atoms with Crippen LogP contribution in [0.2, 0.25) is 5.15 Å². The number of fused-ring (bicyclic) bond motifs is 1. The van der Waals surface area contributed by atoms with Crippen molar-refractivity contribution in [3.8, 4) is 0 Å². The molecule has 0 fully saturated rings. The number of nitrogens with one attached hydrogen (secondary N) is 1. The normalized spacial score (nSPS) is 11.5. The zero-order valence-corrected chi connectivity index (χ0v) is 15.0. The number of aromatic nitrogens is 3. The number of anilines is 1. The summed E-state index contributed by atoms with van der Waals surface area (Å²) in [6.45, 7) is 6.22. The molecule has 0 aliphatic carbocycles. The Morgan fingerprint density at radius 2 is 2.00 bits per heavy atom. The summed E-state index contributed by atoms with van der Waals surface area (Å²) in [5.74, 6) is -0.160. The monoisotopic (exact) mass is 352 g/mol. The molecule has 0 radical (unpaired) electrons. The fraction of sp³-hybridized carbons (Fsp3) is 0.500. The molecule has 1 N–H and O–H groups in total. The molecule has 130 valence electrons. The van der Waals surface area contributed by atoms with Gasteiger partial charge in [0.1, 0.15) is 10.7 Å². The van der Waals surface area contributed by atoms with Crippen LogP contribution in [0.4, 0.5) is 5.95 Å². The molecular formula is C16H21ClN4O3. The van der Waals surface area contributed by atoms with Gasteiger partial charge in [0.15, 0.2) is 5.65 Å². The summed E-state index contributed by atoms with van der Waals surface area (Å²) < 4.78 is 6.33. The molecule has 24 heavy (non-hydrogen) atoms. The van der Waals surface area contributed by atoms with Crippen LogP contribution in [0.15, 0.2) is 12.1 Å². The van der Waals surface area contributed by atoms with Crippen LogP contribution in [-0.2, 0) is 20.9 Å². The summed E-state index contributed by atoms with van der Waals surface area (Å²) in [5.41, 5.74) is 0.960. The van der Waals surface area contributed by atoms with E-state index in [2.05, 4.69) is 20.0 Å². The number of pyridine rings is 1. The lowest BCUT2D eigenvalue weighted by Crippen LogP contribution is -2.22. The topological polar surface area (TPSA) is 86.1 Å². The number of esters is 1. The lowest BCUT2D eigenvalue weighted by atomic mass is 9.92. The van der Waals surface area contributed by atoms with E-state index < -0.39 is 0 Å². The lowest BCUT2D eigenvalue weighted by Gasteiger charge is -2.17. The maximum absolute atomic E-state index is 12.2. The molecule has 7 nitrogen and oxygen atoms in total. The molecule has 0 aliphatic rings. The average Bonchev–Trinajstić information content (AvgIpc) is 2.79. The van der Waals surface area contributed by atoms with E-state index in [1.807, 2.05) is 20.8 Å². The minimum Gasteiger partial charge on any atom is -0.469 e. The maximum Gasteiger partial charge on any atom is 0.307 e. The zero-order chi connectivity index (χ0) is 17.9. The Morgan fingerprint density at radius 3 is 2.62 bits per heavy atom. The minimum atomic E-state index is -0.356.